The van der Waals surface area contributed by atoms with Crippen molar-refractivity contribution in [3.8, 4) is 5.75 Å². The summed E-state index contributed by atoms with van der Waals surface area (Å²) in [5.74, 6) is 0.392. The maximum absolute atomic E-state index is 14.0. The highest BCUT2D eigenvalue weighted by atomic mass is 35.5. The van der Waals surface area contributed by atoms with Crippen LogP contribution in [0.4, 0.5) is 10.3 Å². The average Bonchev–Trinajstić information content (AvgIpc) is 3.46. The van der Waals surface area contributed by atoms with Crippen molar-refractivity contribution >= 4 is 23.5 Å². The molecule has 0 aliphatic carbocycles. The van der Waals surface area contributed by atoms with Gasteiger partial charge in [0.25, 0.3) is 5.91 Å². The summed E-state index contributed by atoms with van der Waals surface area (Å²) in [6.45, 7) is 3.99. The lowest BCUT2D eigenvalue weighted by Crippen LogP contribution is -2.13. The number of hydrogen-bond donors (Lipinski definition) is 1. The molecule has 0 saturated carbocycles. The van der Waals surface area contributed by atoms with Gasteiger partial charge in [-0.15, -0.1) is 11.7 Å². The molecule has 33 heavy (non-hydrogen) atoms. The van der Waals surface area contributed by atoms with Crippen molar-refractivity contribution in [2.75, 3.05) is 5.32 Å². The van der Waals surface area contributed by atoms with E-state index in [-0.39, 0.29) is 35.4 Å². The predicted octanol–water partition coefficient (Wildman–Crippen LogP) is 5.27. The van der Waals surface area contributed by atoms with Crippen molar-refractivity contribution in [1.82, 2.24) is 14.8 Å². The highest BCUT2D eigenvalue weighted by molar-refractivity contribution is 6.31. The van der Waals surface area contributed by atoms with Gasteiger partial charge >= 0.3 is 0 Å². The van der Waals surface area contributed by atoms with Crippen LogP contribution in [0.1, 0.15) is 27.4 Å². The number of benzene rings is 2. The van der Waals surface area contributed by atoms with E-state index in [9.17, 15) is 9.18 Å². The molecule has 0 aliphatic heterocycles. The molecule has 0 fully saturated rings. The van der Waals surface area contributed by atoms with E-state index < -0.39 is 11.7 Å². The van der Waals surface area contributed by atoms with Crippen molar-refractivity contribution in [3.63, 3.8) is 0 Å². The van der Waals surface area contributed by atoms with E-state index in [2.05, 4.69) is 22.0 Å². The third kappa shape index (κ3) is 5.48. The summed E-state index contributed by atoms with van der Waals surface area (Å²) in [7, 11) is 0. The Morgan fingerprint density at radius 2 is 2.06 bits per heavy atom. The van der Waals surface area contributed by atoms with Crippen LogP contribution in [0.2, 0.25) is 5.02 Å². The molecule has 0 saturated heterocycles. The van der Waals surface area contributed by atoms with Gasteiger partial charge in [0.05, 0.1) is 6.54 Å². The fourth-order valence-corrected chi connectivity index (χ4v) is 3.35. The van der Waals surface area contributed by atoms with Gasteiger partial charge in [0.2, 0.25) is 5.95 Å². The highest BCUT2D eigenvalue weighted by Crippen LogP contribution is 2.22. The summed E-state index contributed by atoms with van der Waals surface area (Å²) >= 11 is 6.04. The van der Waals surface area contributed by atoms with Gasteiger partial charge in [-0.05, 0) is 42.3 Å². The lowest BCUT2D eigenvalue weighted by atomic mass is 10.1. The normalized spacial score (nSPS) is 10.7. The SMILES string of the molecule is C=CCc1ccccc1OCc1ccc(C(=O)Nc2ncn(Cc3c(F)cccc3Cl)n2)o1. The maximum Gasteiger partial charge on any atom is 0.293 e. The second kappa shape index (κ2) is 10.1. The first kappa shape index (κ1) is 22.3. The smallest absolute Gasteiger partial charge is 0.293 e. The predicted molar refractivity (Wildman–Crippen MR) is 122 cm³/mol. The first-order valence-electron chi connectivity index (χ1n) is 10.1. The number of amides is 1. The minimum atomic E-state index is -0.519. The number of carbonyl (C=O) groups is 1. The molecule has 4 aromatic rings. The van der Waals surface area contributed by atoms with E-state index in [1.54, 1.807) is 24.3 Å². The van der Waals surface area contributed by atoms with E-state index in [0.717, 1.165) is 11.3 Å². The Balaban J connectivity index is 1.36. The molecule has 4 rings (SSSR count). The zero-order chi connectivity index (χ0) is 23.2. The van der Waals surface area contributed by atoms with Crippen LogP contribution in [-0.4, -0.2) is 20.7 Å². The minimum absolute atomic E-state index is 0.0556. The number of carbonyl (C=O) groups excluding carboxylic acids is 1. The molecule has 1 N–H and O–H groups in total. The third-order valence-corrected chi connectivity index (χ3v) is 5.09. The van der Waals surface area contributed by atoms with Crippen LogP contribution in [-0.2, 0) is 19.6 Å². The second-order valence-electron chi connectivity index (χ2n) is 7.08. The molecular formula is C24H20ClFN4O3. The number of ether oxygens (including phenoxy) is 1. The Kier molecular flexibility index (Phi) is 6.85. The monoisotopic (exact) mass is 466 g/mol. The quantitative estimate of drug-likeness (QED) is 0.340. The van der Waals surface area contributed by atoms with Crippen molar-refractivity contribution in [3.05, 3.63) is 107 Å². The van der Waals surface area contributed by atoms with E-state index in [1.807, 2.05) is 24.3 Å². The van der Waals surface area contributed by atoms with Gasteiger partial charge in [-0.25, -0.2) is 14.1 Å². The van der Waals surface area contributed by atoms with Gasteiger partial charge in [0, 0.05) is 10.6 Å². The van der Waals surface area contributed by atoms with E-state index in [0.29, 0.717) is 12.2 Å². The second-order valence-corrected chi connectivity index (χ2v) is 7.48. The molecule has 7 nitrogen and oxygen atoms in total. The summed E-state index contributed by atoms with van der Waals surface area (Å²) in [4.78, 5) is 16.5. The summed E-state index contributed by atoms with van der Waals surface area (Å²) in [5, 5.41) is 6.97. The van der Waals surface area contributed by atoms with Crippen molar-refractivity contribution in [2.45, 2.75) is 19.6 Å². The zero-order valence-corrected chi connectivity index (χ0v) is 18.3. The van der Waals surface area contributed by atoms with E-state index >= 15 is 0 Å². The van der Waals surface area contributed by atoms with Crippen LogP contribution < -0.4 is 10.1 Å². The molecule has 0 atom stereocenters. The number of rotatable bonds is 9. The molecule has 168 valence electrons. The number of allylic oxidation sites excluding steroid dienone is 1. The van der Waals surface area contributed by atoms with Gasteiger partial charge in [0.1, 0.15) is 30.3 Å². The van der Waals surface area contributed by atoms with Crippen molar-refractivity contribution in [2.24, 2.45) is 0 Å². The number of nitrogens with zero attached hydrogens (tertiary/aromatic N) is 3. The number of furan rings is 1. The fraction of sp³-hybridized carbons (Fsp3) is 0.125. The van der Waals surface area contributed by atoms with Gasteiger partial charge in [-0.3, -0.25) is 10.1 Å². The number of hydrogen-bond acceptors (Lipinski definition) is 5. The number of halogens is 2. The van der Waals surface area contributed by atoms with Gasteiger partial charge in [0.15, 0.2) is 5.76 Å². The van der Waals surface area contributed by atoms with Crippen LogP contribution >= 0.6 is 11.6 Å². The van der Waals surface area contributed by atoms with E-state index in [4.69, 9.17) is 20.8 Å². The standard InChI is InChI=1S/C24H20ClFN4O3/c1-2-6-16-7-3-4-10-21(16)32-14-17-11-12-22(33-17)23(31)28-24-27-15-30(29-24)13-18-19(25)8-5-9-20(18)26/h2-5,7-12,15H,1,6,13-14H2,(H,28,29,31). The molecule has 2 heterocycles. The molecule has 0 bridgehead atoms. The molecule has 2 aromatic heterocycles. The number of para-hydroxylation sites is 1. The van der Waals surface area contributed by atoms with Crippen LogP contribution in [0.3, 0.4) is 0 Å². The molecule has 9 heteroatoms. The summed E-state index contributed by atoms with van der Waals surface area (Å²) in [6.07, 6.45) is 3.86. The van der Waals surface area contributed by atoms with Gasteiger partial charge in [-0.1, -0.05) is 41.9 Å². The van der Waals surface area contributed by atoms with Gasteiger partial charge in [-0.2, -0.15) is 0 Å². The number of anilines is 1. The first-order valence-corrected chi connectivity index (χ1v) is 10.5. The van der Waals surface area contributed by atoms with Gasteiger partial charge < -0.3 is 9.15 Å². The van der Waals surface area contributed by atoms with E-state index in [1.165, 1.54) is 23.1 Å². The van der Waals surface area contributed by atoms with Crippen molar-refractivity contribution in [1.29, 1.82) is 0 Å². The highest BCUT2D eigenvalue weighted by Gasteiger charge is 2.15. The molecule has 1 amide bonds. The third-order valence-electron chi connectivity index (χ3n) is 4.74. The Labute approximate surface area is 194 Å². The Hall–Kier alpha value is -3.91. The summed E-state index contributed by atoms with van der Waals surface area (Å²) < 4.78 is 26.8. The summed E-state index contributed by atoms with van der Waals surface area (Å²) in [5.41, 5.74) is 1.29. The Morgan fingerprint density at radius 1 is 1.21 bits per heavy atom. The molecule has 0 spiro atoms. The number of nitrogens with one attached hydrogen (secondary N) is 1. The molecule has 0 radical (unpaired) electrons. The molecule has 0 aliphatic rings. The van der Waals surface area contributed by atoms with Crippen LogP contribution in [0.15, 0.2) is 78.0 Å². The Bertz CT molecular complexity index is 1260. The van der Waals surface area contributed by atoms with Crippen LogP contribution in [0.5, 0.6) is 5.75 Å². The molecule has 0 unspecified atom stereocenters. The molecule has 2 aromatic carbocycles. The summed E-state index contributed by atoms with van der Waals surface area (Å²) in [6, 6.07) is 15.3. The number of aromatic nitrogens is 3. The average molecular weight is 467 g/mol. The van der Waals surface area contributed by atoms with Crippen LogP contribution in [0, 0.1) is 5.82 Å². The lowest BCUT2D eigenvalue weighted by Gasteiger charge is -2.08. The van der Waals surface area contributed by atoms with Crippen LogP contribution in [0.25, 0.3) is 0 Å². The Morgan fingerprint density at radius 3 is 2.88 bits per heavy atom. The first-order chi connectivity index (χ1) is 16.0. The molecular weight excluding hydrogens is 447 g/mol. The maximum atomic E-state index is 14.0. The zero-order valence-electron chi connectivity index (χ0n) is 17.5. The minimum Gasteiger partial charge on any atom is -0.485 e. The topological polar surface area (TPSA) is 82.2 Å². The lowest BCUT2D eigenvalue weighted by molar-refractivity contribution is 0.0991. The largest absolute Gasteiger partial charge is 0.485 e. The fourth-order valence-electron chi connectivity index (χ4n) is 3.13. The van der Waals surface area contributed by atoms with Crippen molar-refractivity contribution < 1.29 is 18.3 Å².